The average molecular weight is 380 g/mol. The van der Waals surface area contributed by atoms with Crippen molar-refractivity contribution < 1.29 is 27.5 Å². The molecule has 5 nitrogen and oxygen atoms in total. The lowest BCUT2D eigenvalue weighted by Gasteiger charge is -2.07. The molecule has 0 aliphatic rings. The molecule has 0 radical (unpaired) electrons. The molecule has 0 saturated heterocycles. The molecule has 0 unspecified atom stereocenters. The molecular weight excluding hydrogens is 368 g/mol. The molecule has 2 aromatic carbocycles. The lowest BCUT2D eigenvalue weighted by molar-refractivity contribution is -0.119. The number of rotatable bonds is 4. The summed E-state index contributed by atoms with van der Waals surface area (Å²) in [6.07, 6.45) is 0. The van der Waals surface area contributed by atoms with Gasteiger partial charge in [-0.05, 0) is 25.1 Å². The molecule has 0 aliphatic carbocycles. The number of halogens is 3. The lowest BCUT2D eigenvalue weighted by atomic mass is 10.1. The fourth-order valence-corrected chi connectivity index (χ4v) is 2.59. The van der Waals surface area contributed by atoms with Crippen LogP contribution in [0.5, 0.6) is 0 Å². The second kappa shape index (κ2) is 7.13. The molecule has 134 valence electrons. The molecular formula is C18H12ClF2NO4. The number of carbonyl (C=O) groups excluding carboxylic acids is 2. The summed E-state index contributed by atoms with van der Waals surface area (Å²) in [5.74, 6) is -3.42. The number of amides is 1. The van der Waals surface area contributed by atoms with Gasteiger partial charge in [-0.1, -0.05) is 23.7 Å². The van der Waals surface area contributed by atoms with E-state index in [1.54, 1.807) is 25.1 Å². The van der Waals surface area contributed by atoms with Crippen LogP contribution in [-0.2, 0) is 9.53 Å². The Hall–Kier alpha value is -2.93. The van der Waals surface area contributed by atoms with Gasteiger partial charge >= 0.3 is 5.97 Å². The van der Waals surface area contributed by atoms with Gasteiger partial charge in [0.05, 0.1) is 10.7 Å². The van der Waals surface area contributed by atoms with Crippen LogP contribution in [0.25, 0.3) is 11.0 Å². The molecule has 0 fully saturated rings. The van der Waals surface area contributed by atoms with E-state index in [2.05, 4.69) is 5.32 Å². The van der Waals surface area contributed by atoms with Crippen LogP contribution in [0.1, 0.15) is 16.1 Å². The minimum atomic E-state index is -0.938. The monoisotopic (exact) mass is 379 g/mol. The number of anilines is 1. The van der Waals surface area contributed by atoms with Crippen molar-refractivity contribution in [1.29, 1.82) is 0 Å². The number of hydrogen-bond acceptors (Lipinski definition) is 4. The Morgan fingerprint density at radius 3 is 2.69 bits per heavy atom. The fourth-order valence-electron chi connectivity index (χ4n) is 2.38. The molecule has 1 amide bonds. The largest absolute Gasteiger partial charge is 0.450 e. The first-order chi connectivity index (χ1) is 12.4. The van der Waals surface area contributed by atoms with Crippen molar-refractivity contribution in [3.05, 3.63) is 64.4 Å². The van der Waals surface area contributed by atoms with Crippen LogP contribution < -0.4 is 5.32 Å². The standard InChI is InChI=1S/C18H12ClF2NO4/c1-9-11-3-2-4-12(19)17(11)26-16(9)18(24)25-8-15(23)22-14-6-5-10(20)7-13(14)21/h2-7H,8H2,1H3,(H,22,23). The molecule has 1 heterocycles. The number of para-hydroxylation sites is 1. The molecule has 0 spiro atoms. The zero-order valence-corrected chi connectivity index (χ0v) is 14.2. The van der Waals surface area contributed by atoms with Gasteiger partial charge in [-0.15, -0.1) is 0 Å². The highest BCUT2D eigenvalue weighted by molar-refractivity contribution is 6.35. The van der Waals surface area contributed by atoms with Crippen LogP contribution in [-0.4, -0.2) is 18.5 Å². The van der Waals surface area contributed by atoms with Gasteiger partial charge in [0.2, 0.25) is 5.76 Å². The zero-order chi connectivity index (χ0) is 18.8. The topological polar surface area (TPSA) is 68.5 Å². The Labute approximate surface area is 151 Å². The summed E-state index contributed by atoms with van der Waals surface area (Å²) in [5, 5.41) is 3.18. The van der Waals surface area contributed by atoms with Gasteiger partial charge in [0.1, 0.15) is 11.6 Å². The van der Waals surface area contributed by atoms with E-state index in [1.807, 2.05) is 0 Å². The van der Waals surface area contributed by atoms with Gasteiger partial charge in [-0.2, -0.15) is 0 Å². The van der Waals surface area contributed by atoms with E-state index in [0.29, 0.717) is 27.6 Å². The molecule has 0 atom stereocenters. The molecule has 0 bridgehead atoms. The van der Waals surface area contributed by atoms with Gasteiger partial charge in [-0.3, -0.25) is 4.79 Å². The molecule has 3 aromatic rings. The Balaban J connectivity index is 1.68. The van der Waals surface area contributed by atoms with Crippen molar-refractivity contribution in [2.24, 2.45) is 0 Å². The third-order valence-corrected chi connectivity index (χ3v) is 3.94. The van der Waals surface area contributed by atoms with E-state index < -0.39 is 30.1 Å². The number of esters is 1. The molecule has 8 heteroatoms. The van der Waals surface area contributed by atoms with Crippen LogP contribution in [0.15, 0.2) is 40.8 Å². The number of benzene rings is 2. The summed E-state index contributed by atoms with van der Waals surface area (Å²) in [7, 11) is 0. The van der Waals surface area contributed by atoms with E-state index in [1.165, 1.54) is 0 Å². The van der Waals surface area contributed by atoms with Crippen LogP contribution >= 0.6 is 11.6 Å². The normalized spacial score (nSPS) is 10.8. The molecule has 3 rings (SSSR count). The second-order valence-corrected chi connectivity index (χ2v) is 5.83. The third kappa shape index (κ3) is 3.52. The predicted octanol–water partition coefficient (Wildman–Crippen LogP) is 4.47. The van der Waals surface area contributed by atoms with Crippen molar-refractivity contribution in [1.82, 2.24) is 0 Å². The van der Waals surface area contributed by atoms with Gasteiger partial charge in [0.15, 0.2) is 12.2 Å². The zero-order valence-electron chi connectivity index (χ0n) is 13.4. The molecule has 1 aromatic heterocycles. The van der Waals surface area contributed by atoms with Gasteiger partial charge in [0, 0.05) is 17.0 Å². The van der Waals surface area contributed by atoms with E-state index >= 15 is 0 Å². The number of furan rings is 1. The maximum absolute atomic E-state index is 13.5. The number of hydrogen-bond donors (Lipinski definition) is 1. The van der Waals surface area contributed by atoms with E-state index in [0.717, 1.165) is 12.1 Å². The first-order valence-electron chi connectivity index (χ1n) is 7.46. The Morgan fingerprint density at radius 1 is 1.23 bits per heavy atom. The summed E-state index contributed by atoms with van der Waals surface area (Å²) in [4.78, 5) is 23.9. The third-order valence-electron chi connectivity index (χ3n) is 3.64. The van der Waals surface area contributed by atoms with Crippen molar-refractivity contribution in [2.75, 3.05) is 11.9 Å². The highest BCUT2D eigenvalue weighted by Gasteiger charge is 2.21. The van der Waals surface area contributed by atoms with Gasteiger partial charge < -0.3 is 14.5 Å². The van der Waals surface area contributed by atoms with Crippen molar-refractivity contribution >= 4 is 40.1 Å². The summed E-state index contributed by atoms with van der Waals surface area (Å²) in [5.41, 5.74) is 0.646. The number of nitrogens with one attached hydrogen (secondary N) is 1. The van der Waals surface area contributed by atoms with Crippen molar-refractivity contribution in [2.45, 2.75) is 6.92 Å². The van der Waals surface area contributed by atoms with Crippen molar-refractivity contribution in [3.63, 3.8) is 0 Å². The number of ether oxygens (including phenoxy) is 1. The summed E-state index contributed by atoms with van der Waals surface area (Å²) < 4.78 is 36.7. The smallest absolute Gasteiger partial charge is 0.375 e. The molecule has 1 N–H and O–H groups in total. The summed E-state index contributed by atoms with van der Waals surface area (Å²) >= 11 is 6.02. The van der Waals surface area contributed by atoms with E-state index in [-0.39, 0.29) is 11.4 Å². The van der Waals surface area contributed by atoms with Crippen LogP contribution in [0.2, 0.25) is 5.02 Å². The number of aryl methyl sites for hydroxylation is 1. The quantitative estimate of drug-likeness (QED) is 0.679. The second-order valence-electron chi connectivity index (χ2n) is 5.42. The Bertz CT molecular complexity index is 1020. The minimum absolute atomic E-state index is 0.0751. The fraction of sp³-hybridized carbons (Fsp3) is 0.111. The van der Waals surface area contributed by atoms with E-state index in [4.69, 9.17) is 20.8 Å². The maximum atomic E-state index is 13.5. The first-order valence-corrected chi connectivity index (χ1v) is 7.84. The average Bonchev–Trinajstić information content (AvgIpc) is 2.94. The van der Waals surface area contributed by atoms with Gasteiger partial charge in [0.25, 0.3) is 5.91 Å². The SMILES string of the molecule is Cc1c(C(=O)OCC(=O)Nc2ccc(F)cc2F)oc2c(Cl)cccc12. The lowest BCUT2D eigenvalue weighted by Crippen LogP contribution is -2.21. The number of fused-ring (bicyclic) bond motifs is 1. The Morgan fingerprint density at radius 2 is 2.00 bits per heavy atom. The molecule has 0 saturated carbocycles. The highest BCUT2D eigenvalue weighted by atomic mass is 35.5. The Kier molecular flexibility index (Phi) is 4.90. The van der Waals surface area contributed by atoms with Crippen LogP contribution in [0.4, 0.5) is 14.5 Å². The summed E-state index contributed by atoms with van der Waals surface area (Å²) in [6.45, 7) is 0.993. The van der Waals surface area contributed by atoms with Crippen LogP contribution in [0, 0.1) is 18.6 Å². The maximum Gasteiger partial charge on any atom is 0.375 e. The molecule has 0 aliphatic heterocycles. The predicted molar refractivity (Wildman–Crippen MR) is 91.2 cm³/mol. The molecule has 26 heavy (non-hydrogen) atoms. The summed E-state index contributed by atoms with van der Waals surface area (Å²) in [6, 6.07) is 7.76. The minimum Gasteiger partial charge on any atom is -0.450 e. The number of carbonyl (C=O) groups is 2. The van der Waals surface area contributed by atoms with Crippen LogP contribution in [0.3, 0.4) is 0 Å². The van der Waals surface area contributed by atoms with E-state index in [9.17, 15) is 18.4 Å². The van der Waals surface area contributed by atoms with Gasteiger partial charge in [-0.25, -0.2) is 13.6 Å². The first kappa shape index (κ1) is 17.9. The highest BCUT2D eigenvalue weighted by Crippen LogP contribution is 2.31. The van der Waals surface area contributed by atoms with Crippen molar-refractivity contribution in [3.8, 4) is 0 Å².